The van der Waals surface area contributed by atoms with Crippen molar-refractivity contribution < 1.29 is 4.39 Å². The molecule has 0 aliphatic carbocycles. The van der Waals surface area contributed by atoms with E-state index in [1.165, 1.54) is 6.07 Å². The predicted molar refractivity (Wildman–Crippen MR) is 75.5 cm³/mol. The lowest BCUT2D eigenvalue weighted by Crippen LogP contribution is -1.96. The van der Waals surface area contributed by atoms with Crippen LogP contribution >= 0.6 is 11.6 Å². The molecule has 0 radical (unpaired) electrons. The number of fused-ring (bicyclic) bond motifs is 1. The van der Waals surface area contributed by atoms with Crippen molar-refractivity contribution in [3.8, 4) is 11.4 Å². The summed E-state index contributed by atoms with van der Waals surface area (Å²) >= 11 is 6.15. The number of hydrogen-bond donors (Lipinski definition) is 1. The number of nitrogen functional groups attached to an aromatic ring is 1. The Morgan fingerprint density at radius 1 is 1.26 bits per heavy atom. The van der Waals surface area contributed by atoms with Gasteiger partial charge in [0.25, 0.3) is 0 Å². The molecule has 0 unspecified atom stereocenters. The number of para-hydroxylation sites is 1. The SMILES string of the molecule is Cn1c(-c2ccc(N)cc2F)nc2cccc(Cl)c21. The third kappa shape index (κ3) is 1.85. The summed E-state index contributed by atoms with van der Waals surface area (Å²) < 4.78 is 15.8. The topological polar surface area (TPSA) is 43.8 Å². The second-order valence-electron chi connectivity index (χ2n) is 4.34. The van der Waals surface area contributed by atoms with Gasteiger partial charge in [-0.3, -0.25) is 0 Å². The fraction of sp³-hybridized carbons (Fsp3) is 0.0714. The summed E-state index contributed by atoms with van der Waals surface area (Å²) in [5.74, 6) is 0.134. The van der Waals surface area contributed by atoms with Crippen LogP contribution < -0.4 is 5.73 Å². The Morgan fingerprint density at radius 2 is 2.05 bits per heavy atom. The molecule has 0 atom stereocenters. The molecule has 1 heterocycles. The van der Waals surface area contributed by atoms with Crippen LogP contribution in [-0.2, 0) is 7.05 Å². The van der Waals surface area contributed by atoms with Crippen molar-refractivity contribution in [2.24, 2.45) is 7.05 Å². The Balaban J connectivity index is 2.31. The van der Waals surface area contributed by atoms with E-state index in [0.717, 1.165) is 11.0 Å². The van der Waals surface area contributed by atoms with Gasteiger partial charge in [0, 0.05) is 12.7 Å². The minimum absolute atomic E-state index is 0.387. The molecule has 19 heavy (non-hydrogen) atoms. The largest absolute Gasteiger partial charge is 0.399 e. The molecule has 2 N–H and O–H groups in total. The molecule has 0 saturated carbocycles. The van der Waals surface area contributed by atoms with Crippen molar-refractivity contribution in [2.75, 3.05) is 5.73 Å². The second kappa shape index (κ2) is 4.24. The zero-order chi connectivity index (χ0) is 13.6. The number of anilines is 1. The van der Waals surface area contributed by atoms with Gasteiger partial charge in [-0.15, -0.1) is 0 Å². The molecule has 0 bridgehead atoms. The normalized spacial score (nSPS) is 11.1. The summed E-state index contributed by atoms with van der Waals surface area (Å²) in [4.78, 5) is 4.43. The van der Waals surface area contributed by atoms with E-state index in [1.54, 1.807) is 22.8 Å². The van der Waals surface area contributed by atoms with Crippen molar-refractivity contribution >= 4 is 28.3 Å². The fourth-order valence-corrected chi connectivity index (χ4v) is 2.47. The van der Waals surface area contributed by atoms with Gasteiger partial charge in [0.1, 0.15) is 11.6 Å². The van der Waals surface area contributed by atoms with Gasteiger partial charge < -0.3 is 10.3 Å². The highest BCUT2D eigenvalue weighted by atomic mass is 35.5. The van der Waals surface area contributed by atoms with Crippen LogP contribution in [0.2, 0.25) is 5.02 Å². The number of aryl methyl sites for hydroxylation is 1. The highest BCUT2D eigenvalue weighted by Crippen LogP contribution is 2.30. The number of rotatable bonds is 1. The number of imidazole rings is 1. The summed E-state index contributed by atoms with van der Waals surface area (Å²) in [5, 5.41) is 0.592. The van der Waals surface area contributed by atoms with Crippen LogP contribution in [0.25, 0.3) is 22.4 Å². The molecule has 0 fully saturated rings. The van der Waals surface area contributed by atoms with Crippen molar-refractivity contribution in [1.29, 1.82) is 0 Å². The highest BCUT2D eigenvalue weighted by Gasteiger charge is 2.15. The molecule has 3 rings (SSSR count). The lowest BCUT2D eigenvalue weighted by atomic mass is 10.2. The molecular formula is C14H11ClFN3. The van der Waals surface area contributed by atoms with Crippen LogP contribution in [0.3, 0.4) is 0 Å². The van der Waals surface area contributed by atoms with E-state index in [9.17, 15) is 4.39 Å². The van der Waals surface area contributed by atoms with Gasteiger partial charge in [-0.1, -0.05) is 17.7 Å². The van der Waals surface area contributed by atoms with Gasteiger partial charge in [-0.2, -0.15) is 0 Å². The Labute approximate surface area is 114 Å². The lowest BCUT2D eigenvalue weighted by Gasteiger charge is -2.05. The van der Waals surface area contributed by atoms with E-state index in [0.29, 0.717) is 22.1 Å². The maximum atomic E-state index is 14.0. The second-order valence-corrected chi connectivity index (χ2v) is 4.75. The molecule has 1 aromatic heterocycles. The Bertz CT molecular complexity index is 780. The summed E-state index contributed by atoms with van der Waals surface area (Å²) in [6, 6.07) is 10.0. The van der Waals surface area contributed by atoms with Crippen molar-refractivity contribution in [3.05, 3.63) is 47.2 Å². The quantitative estimate of drug-likeness (QED) is 0.690. The fourth-order valence-electron chi connectivity index (χ4n) is 2.17. The van der Waals surface area contributed by atoms with Crippen molar-refractivity contribution in [1.82, 2.24) is 9.55 Å². The molecule has 0 aliphatic heterocycles. The minimum Gasteiger partial charge on any atom is -0.399 e. The molecular weight excluding hydrogens is 265 g/mol. The predicted octanol–water partition coefficient (Wildman–Crippen LogP) is 3.62. The lowest BCUT2D eigenvalue weighted by molar-refractivity contribution is 0.629. The molecule has 3 aromatic rings. The number of halogens is 2. The van der Waals surface area contributed by atoms with Crippen molar-refractivity contribution in [2.45, 2.75) is 0 Å². The molecule has 0 saturated heterocycles. The van der Waals surface area contributed by atoms with Gasteiger partial charge >= 0.3 is 0 Å². The van der Waals surface area contributed by atoms with E-state index in [2.05, 4.69) is 4.98 Å². The Hall–Kier alpha value is -2.07. The van der Waals surface area contributed by atoms with Crippen LogP contribution in [0.15, 0.2) is 36.4 Å². The van der Waals surface area contributed by atoms with E-state index in [-0.39, 0.29) is 0 Å². The Kier molecular flexibility index (Phi) is 2.68. The smallest absolute Gasteiger partial charge is 0.143 e. The molecule has 0 spiro atoms. The summed E-state index contributed by atoms with van der Waals surface area (Å²) in [5.41, 5.74) is 7.87. The molecule has 0 aliphatic rings. The van der Waals surface area contributed by atoms with E-state index in [4.69, 9.17) is 17.3 Å². The van der Waals surface area contributed by atoms with E-state index >= 15 is 0 Å². The zero-order valence-corrected chi connectivity index (χ0v) is 10.9. The Morgan fingerprint density at radius 3 is 2.74 bits per heavy atom. The first-order valence-corrected chi connectivity index (χ1v) is 6.12. The molecule has 96 valence electrons. The van der Waals surface area contributed by atoms with Crippen LogP contribution in [0.4, 0.5) is 10.1 Å². The summed E-state index contributed by atoms with van der Waals surface area (Å²) in [7, 11) is 1.81. The molecule has 2 aromatic carbocycles. The molecule has 0 amide bonds. The average molecular weight is 276 g/mol. The molecule has 3 nitrogen and oxygen atoms in total. The minimum atomic E-state index is -0.394. The maximum absolute atomic E-state index is 14.0. The first-order valence-electron chi connectivity index (χ1n) is 5.74. The number of aromatic nitrogens is 2. The number of nitrogens with zero attached hydrogens (tertiary/aromatic N) is 2. The number of hydrogen-bond acceptors (Lipinski definition) is 2. The van der Waals surface area contributed by atoms with Crippen molar-refractivity contribution in [3.63, 3.8) is 0 Å². The van der Waals surface area contributed by atoms with Gasteiger partial charge in [-0.05, 0) is 30.3 Å². The zero-order valence-electron chi connectivity index (χ0n) is 10.2. The molecule has 5 heteroatoms. The third-order valence-corrected chi connectivity index (χ3v) is 3.38. The van der Waals surface area contributed by atoms with Crippen LogP contribution in [-0.4, -0.2) is 9.55 Å². The summed E-state index contributed by atoms with van der Waals surface area (Å²) in [6.07, 6.45) is 0. The maximum Gasteiger partial charge on any atom is 0.143 e. The van der Waals surface area contributed by atoms with Gasteiger partial charge in [-0.25, -0.2) is 9.37 Å². The first kappa shape index (κ1) is 12.0. The van der Waals surface area contributed by atoms with E-state index < -0.39 is 5.82 Å². The van der Waals surface area contributed by atoms with Crippen LogP contribution in [0.1, 0.15) is 0 Å². The summed E-state index contributed by atoms with van der Waals surface area (Å²) in [6.45, 7) is 0. The van der Waals surface area contributed by atoms with Crippen LogP contribution in [0.5, 0.6) is 0 Å². The highest BCUT2D eigenvalue weighted by molar-refractivity contribution is 6.35. The van der Waals surface area contributed by atoms with Crippen LogP contribution in [0, 0.1) is 5.82 Å². The monoisotopic (exact) mass is 275 g/mol. The van der Waals surface area contributed by atoms with Gasteiger partial charge in [0.2, 0.25) is 0 Å². The van der Waals surface area contributed by atoms with E-state index in [1.807, 2.05) is 19.2 Å². The van der Waals surface area contributed by atoms with Gasteiger partial charge in [0.05, 0.1) is 21.6 Å². The number of benzene rings is 2. The average Bonchev–Trinajstić information content (AvgIpc) is 2.68. The third-order valence-electron chi connectivity index (χ3n) is 3.08. The first-order chi connectivity index (χ1) is 9.08. The number of nitrogens with two attached hydrogens (primary N) is 1. The van der Waals surface area contributed by atoms with Gasteiger partial charge in [0.15, 0.2) is 0 Å². The standard InChI is InChI=1S/C14H11ClFN3/c1-19-13-10(15)3-2-4-12(13)18-14(19)9-6-5-8(17)7-11(9)16/h2-7H,17H2,1H3.